The molecule has 2 rings (SSSR count). The van der Waals surface area contributed by atoms with E-state index >= 15 is 0 Å². The molecule has 1 amide bonds. The van der Waals surface area contributed by atoms with Gasteiger partial charge in [-0.2, -0.15) is 0 Å². The highest BCUT2D eigenvalue weighted by molar-refractivity contribution is 7.92. The van der Waals surface area contributed by atoms with Crippen LogP contribution in [0.15, 0.2) is 24.3 Å². The first kappa shape index (κ1) is 15.8. The van der Waals surface area contributed by atoms with Crippen LogP contribution in [0.4, 0.5) is 5.69 Å². The Balaban J connectivity index is 2.30. The quantitative estimate of drug-likeness (QED) is 0.816. The molecule has 5 nitrogen and oxygen atoms in total. The van der Waals surface area contributed by atoms with Crippen molar-refractivity contribution in [2.75, 3.05) is 16.6 Å². The van der Waals surface area contributed by atoms with Crippen LogP contribution in [0.25, 0.3) is 0 Å². The van der Waals surface area contributed by atoms with Crippen molar-refractivity contribution < 1.29 is 13.2 Å². The molecule has 0 saturated heterocycles. The minimum Gasteiger partial charge on any atom is -0.369 e. The van der Waals surface area contributed by atoms with Gasteiger partial charge in [0.2, 0.25) is 15.9 Å². The van der Waals surface area contributed by atoms with Crippen LogP contribution < -0.4 is 10.0 Å². The number of hydrogen-bond donors (Lipinski definition) is 1. The van der Waals surface area contributed by atoms with Crippen molar-refractivity contribution >= 4 is 21.6 Å². The first-order chi connectivity index (χ1) is 9.97. The van der Waals surface area contributed by atoms with Gasteiger partial charge in [0.1, 0.15) is 0 Å². The van der Waals surface area contributed by atoms with E-state index in [1.165, 1.54) is 4.31 Å². The summed E-state index contributed by atoms with van der Waals surface area (Å²) in [5, 5.41) is 0. The fourth-order valence-corrected chi connectivity index (χ4v) is 4.40. The second kappa shape index (κ2) is 6.47. The molecule has 0 bridgehead atoms. The van der Waals surface area contributed by atoms with Crippen LogP contribution in [0.5, 0.6) is 0 Å². The molecule has 1 aliphatic rings. The number of fused-ring (bicyclic) bond motifs is 1. The summed E-state index contributed by atoms with van der Waals surface area (Å²) in [5.41, 5.74) is 6.75. The number of benzene rings is 1. The number of rotatable bonds is 6. The Hall–Kier alpha value is -1.56. The van der Waals surface area contributed by atoms with Crippen molar-refractivity contribution in [3.05, 3.63) is 29.8 Å². The Morgan fingerprint density at radius 1 is 1.33 bits per heavy atom. The zero-order valence-corrected chi connectivity index (χ0v) is 13.1. The summed E-state index contributed by atoms with van der Waals surface area (Å²) >= 11 is 0. The predicted molar refractivity (Wildman–Crippen MR) is 83.7 cm³/mol. The number of hydrogen-bond acceptors (Lipinski definition) is 3. The average molecular weight is 310 g/mol. The van der Waals surface area contributed by atoms with E-state index in [0.29, 0.717) is 25.1 Å². The van der Waals surface area contributed by atoms with E-state index in [1.54, 1.807) is 18.2 Å². The highest BCUT2D eigenvalue weighted by Crippen LogP contribution is 2.36. The molecule has 0 radical (unpaired) electrons. The molecule has 0 fully saturated rings. The van der Waals surface area contributed by atoms with Gasteiger partial charge >= 0.3 is 0 Å². The minimum atomic E-state index is -3.34. The van der Waals surface area contributed by atoms with Gasteiger partial charge in [0.15, 0.2) is 0 Å². The zero-order valence-electron chi connectivity index (χ0n) is 12.3. The van der Waals surface area contributed by atoms with E-state index in [1.807, 2.05) is 13.0 Å². The zero-order chi connectivity index (χ0) is 15.5. The Kier molecular flexibility index (Phi) is 4.88. The van der Waals surface area contributed by atoms with Crippen molar-refractivity contribution in [1.82, 2.24) is 0 Å². The molecule has 1 aromatic rings. The van der Waals surface area contributed by atoms with Gasteiger partial charge in [-0.25, -0.2) is 8.42 Å². The Morgan fingerprint density at radius 3 is 2.71 bits per heavy atom. The number of amides is 1. The fraction of sp³-hybridized carbons (Fsp3) is 0.533. The Morgan fingerprint density at radius 2 is 2.05 bits per heavy atom. The first-order valence-electron chi connectivity index (χ1n) is 7.36. The van der Waals surface area contributed by atoms with Crippen molar-refractivity contribution in [3.8, 4) is 0 Å². The molecule has 1 heterocycles. The van der Waals surface area contributed by atoms with E-state index in [9.17, 15) is 13.2 Å². The van der Waals surface area contributed by atoms with E-state index in [4.69, 9.17) is 5.73 Å². The molecule has 1 aromatic carbocycles. The lowest BCUT2D eigenvalue weighted by Gasteiger charge is -2.33. The topological polar surface area (TPSA) is 80.5 Å². The lowest BCUT2D eigenvalue weighted by Crippen LogP contribution is -2.40. The minimum absolute atomic E-state index is 0.149. The Labute approximate surface area is 126 Å². The van der Waals surface area contributed by atoms with Gasteiger partial charge in [-0.05, 0) is 24.5 Å². The van der Waals surface area contributed by atoms with Crippen LogP contribution in [-0.4, -0.2) is 26.6 Å². The van der Waals surface area contributed by atoms with E-state index < -0.39 is 21.8 Å². The third-order valence-corrected chi connectivity index (χ3v) is 5.74. The summed E-state index contributed by atoms with van der Waals surface area (Å²) in [6, 6.07) is 7.14. The molecule has 21 heavy (non-hydrogen) atoms. The number of unbranched alkanes of at least 4 members (excludes halogenated alkanes) is 2. The smallest absolute Gasteiger partial charge is 0.235 e. The van der Waals surface area contributed by atoms with Crippen LogP contribution in [-0.2, 0) is 14.8 Å². The number of nitrogens with two attached hydrogens (primary N) is 1. The largest absolute Gasteiger partial charge is 0.369 e. The molecule has 2 N–H and O–H groups in total. The fourth-order valence-electron chi connectivity index (χ4n) is 2.76. The number of anilines is 1. The molecular formula is C15H22N2O3S. The van der Waals surface area contributed by atoms with Gasteiger partial charge in [0.05, 0.1) is 17.4 Å². The number of carbonyl (C=O) groups excluding carboxylic acids is 1. The predicted octanol–water partition coefficient (Wildman–Crippen LogP) is 1.99. The molecule has 0 aromatic heterocycles. The molecule has 1 aliphatic heterocycles. The second-order valence-corrected chi connectivity index (χ2v) is 7.41. The number of carbonyl (C=O) groups is 1. The number of nitrogens with zero attached hydrogens (tertiary/aromatic N) is 1. The molecular weight excluding hydrogens is 288 g/mol. The maximum Gasteiger partial charge on any atom is 0.235 e. The lowest BCUT2D eigenvalue weighted by molar-refractivity contribution is -0.119. The maximum atomic E-state index is 12.5. The molecule has 0 aliphatic carbocycles. The molecule has 0 spiro atoms. The maximum absolute atomic E-state index is 12.5. The third kappa shape index (κ3) is 3.37. The summed E-state index contributed by atoms with van der Waals surface area (Å²) in [7, 11) is -3.34. The van der Waals surface area contributed by atoms with Crippen LogP contribution in [0, 0.1) is 0 Å². The van der Waals surface area contributed by atoms with Gasteiger partial charge in [0, 0.05) is 6.54 Å². The Bertz CT molecular complexity index is 613. The SMILES string of the molecule is CCCCCS(=O)(=O)N1CC[C@@H](C(N)=O)c2ccccc21. The van der Waals surface area contributed by atoms with Crippen molar-refractivity contribution in [2.24, 2.45) is 5.73 Å². The van der Waals surface area contributed by atoms with Crippen LogP contribution in [0.3, 0.4) is 0 Å². The third-order valence-electron chi connectivity index (χ3n) is 3.89. The van der Waals surface area contributed by atoms with Crippen LogP contribution in [0.1, 0.15) is 44.1 Å². The van der Waals surface area contributed by atoms with E-state index in [-0.39, 0.29) is 5.75 Å². The van der Waals surface area contributed by atoms with Crippen molar-refractivity contribution in [2.45, 2.75) is 38.5 Å². The summed E-state index contributed by atoms with van der Waals surface area (Å²) in [5.74, 6) is -0.648. The van der Waals surface area contributed by atoms with Gasteiger partial charge in [-0.15, -0.1) is 0 Å². The number of para-hydroxylation sites is 1. The van der Waals surface area contributed by atoms with Gasteiger partial charge < -0.3 is 5.73 Å². The van der Waals surface area contributed by atoms with Gasteiger partial charge in [0.25, 0.3) is 0 Å². The van der Waals surface area contributed by atoms with Crippen LogP contribution >= 0.6 is 0 Å². The normalized spacial score (nSPS) is 18.3. The summed E-state index contributed by atoms with van der Waals surface area (Å²) in [6.07, 6.45) is 2.99. The first-order valence-corrected chi connectivity index (χ1v) is 8.97. The van der Waals surface area contributed by atoms with Crippen molar-refractivity contribution in [1.29, 1.82) is 0 Å². The standard InChI is InChI=1S/C15H22N2O3S/c1-2-3-6-11-21(19,20)17-10-9-13(15(16)18)12-7-4-5-8-14(12)17/h4-5,7-8,13H,2-3,6,9-11H2,1H3,(H2,16,18)/t13-/m1/s1. The van der Waals surface area contributed by atoms with Gasteiger partial charge in [-0.3, -0.25) is 9.10 Å². The van der Waals surface area contributed by atoms with Crippen LogP contribution in [0.2, 0.25) is 0 Å². The van der Waals surface area contributed by atoms with Crippen molar-refractivity contribution in [3.63, 3.8) is 0 Å². The second-order valence-electron chi connectivity index (χ2n) is 5.40. The lowest BCUT2D eigenvalue weighted by atomic mass is 9.90. The van der Waals surface area contributed by atoms with Gasteiger partial charge in [-0.1, -0.05) is 38.0 Å². The molecule has 116 valence electrons. The average Bonchev–Trinajstić information content (AvgIpc) is 2.46. The van der Waals surface area contributed by atoms with E-state index in [2.05, 4.69) is 0 Å². The summed E-state index contributed by atoms with van der Waals surface area (Å²) in [6.45, 7) is 2.36. The van der Waals surface area contributed by atoms with E-state index in [0.717, 1.165) is 18.4 Å². The molecule has 0 unspecified atom stereocenters. The highest BCUT2D eigenvalue weighted by Gasteiger charge is 2.33. The summed E-state index contributed by atoms with van der Waals surface area (Å²) in [4.78, 5) is 11.5. The number of primary amides is 1. The molecule has 1 atom stereocenters. The summed E-state index contributed by atoms with van der Waals surface area (Å²) < 4.78 is 26.5. The highest BCUT2D eigenvalue weighted by atomic mass is 32.2. The monoisotopic (exact) mass is 310 g/mol. The number of sulfonamides is 1. The molecule has 0 saturated carbocycles. The molecule has 6 heteroatoms.